The van der Waals surface area contributed by atoms with E-state index >= 15 is 0 Å². The summed E-state index contributed by atoms with van der Waals surface area (Å²) in [6.45, 7) is 2.43. The van der Waals surface area contributed by atoms with Crippen molar-refractivity contribution >= 4 is 21.5 Å². The number of rotatable bonds is 7. The van der Waals surface area contributed by atoms with Gasteiger partial charge < -0.3 is 10.5 Å². The largest absolute Gasteiger partial charge is 0.384 e. The Bertz CT molecular complexity index is 514. The lowest BCUT2D eigenvalue weighted by Crippen LogP contribution is -2.20. The van der Waals surface area contributed by atoms with E-state index in [1.54, 1.807) is 25.1 Å². The highest BCUT2D eigenvalue weighted by atomic mass is 32.2. The molecule has 0 fully saturated rings. The first-order valence-electron chi connectivity index (χ1n) is 5.47. The van der Waals surface area contributed by atoms with Crippen LogP contribution in [0.2, 0.25) is 0 Å². The highest BCUT2D eigenvalue weighted by Gasteiger charge is 2.10. The van der Waals surface area contributed by atoms with Crippen LogP contribution in [0.3, 0.4) is 0 Å². The summed E-state index contributed by atoms with van der Waals surface area (Å²) in [6, 6.07) is 6.39. The van der Waals surface area contributed by atoms with Crippen LogP contribution in [0.1, 0.15) is 12.5 Å². The van der Waals surface area contributed by atoms with Gasteiger partial charge in [0.1, 0.15) is 5.84 Å². The molecule has 0 radical (unpaired) electrons. The Morgan fingerprint density at radius 3 is 2.83 bits per heavy atom. The second kappa shape index (κ2) is 6.36. The highest BCUT2D eigenvalue weighted by Crippen LogP contribution is 2.12. The van der Waals surface area contributed by atoms with Crippen LogP contribution >= 0.6 is 0 Å². The average molecular weight is 271 g/mol. The highest BCUT2D eigenvalue weighted by molar-refractivity contribution is 7.92. The number of amidine groups is 1. The van der Waals surface area contributed by atoms with E-state index in [4.69, 9.17) is 15.9 Å². The van der Waals surface area contributed by atoms with E-state index in [0.29, 0.717) is 17.9 Å². The lowest BCUT2D eigenvalue weighted by Gasteiger charge is -2.09. The van der Waals surface area contributed by atoms with Gasteiger partial charge in [-0.25, -0.2) is 8.42 Å². The number of nitrogen functional groups attached to an aromatic ring is 1. The van der Waals surface area contributed by atoms with Gasteiger partial charge in [0.2, 0.25) is 10.0 Å². The minimum Gasteiger partial charge on any atom is -0.384 e. The average Bonchev–Trinajstić information content (AvgIpc) is 2.28. The molecule has 0 heterocycles. The maximum atomic E-state index is 11.7. The number of anilines is 1. The molecule has 0 aliphatic rings. The molecule has 1 rings (SSSR count). The molecule has 18 heavy (non-hydrogen) atoms. The molecular formula is C11H17N3O3S. The molecule has 0 saturated carbocycles. The summed E-state index contributed by atoms with van der Waals surface area (Å²) in [6.07, 6.45) is 0. The van der Waals surface area contributed by atoms with E-state index in [1.807, 2.05) is 0 Å². The van der Waals surface area contributed by atoms with Crippen LogP contribution in [-0.2, 0) is 14.8 Å². The van der Waals surface area contributed by atoms with Crippen molar-refractivity contribution in [1.82, 2.24) is 0 Å². The minimum atomic E-state index is -3.44. The van der Waals surface area contributed by atoms with E-state index in [-0.39, 0.29) is 18.2 Å². The molecule has 0 aliphatic carbocycles. The number of nitrogens with two attached hydrogens (primary N) is 1. The second-order valence-corrected chi connectivity index (χ2v) is 5.45. The number of hydrogen-bond donors (Lipinski definition) is 3. The summed E-state index contributed by atoms with van der Waals surface area (Å²) in [7, 11) is -3.44. The van der Waals surface area contributed by atoms with Crippen LogP contribution in [-0.4, -0.2) is 33.2 Å². The Morgan fingerprint density at radius 1 is 1.50 bits per heavy atom. The molecular weight excluding hydrogens is 254 g/mol. The van der Waals surface area contributed by atoms with E-state index < -0.39 is 10.0 Å². The predicted octanol–water partition coefficient (Wildman–Crippen LogP) is 0.749. The molecule has 0 bridgehead atoms. The van der Waals surface area contributed by atoms with Gasteiger partial charge in [-0.3, -0.25) is 10.1 Å². The van der Waals surface area contributed by atoms with Gasteiger partial charge in [-0.1, -0.05) is 12.1 Å². The Labute approximate surface area is 107 Å². The predicted molar refractivity (Wildman–Crippen MR) is 71.4 cm³/mol. The summed E-state index contributed by atoms with van der Waals surface area (Å²) in [4.78, 5) is 0. The van der Waals surface area contributed by atoms with Gasteiger partial charge in [0.15, 0.2) is 0 Å². The van der Waals surface area contributed by atoms with E-state index in [9.17, 15) is 8.42 Å². The normalized spacial score (nSPS) is 11.2. The maximum Gasteiger partial charge on any atom is 0.234 e. The molecule has 1 aromatic rings. The molecule has 0 aromatic heterocycles. The number of hydrogen-bond acceptors (Lipinski definition) is 4. The van der Waals surface area contributed by atoms with Gasteiger partial charge in [0, 0.05) is 17.9 Å². The SMILES string of the molecule is CCOCCS(=O)(=O)Nc1cccc(C(=N)N)c1. The van der Waals surface area contributed by atoms with Crippen molar-refractivity contribution < 1.29 is 13.2 Å². The fraction of sp³-hybridized carbons (Fsp3) is 0.364. The Morgan fingerprint density at radius 2 is 2.22 bits per heavy atom. The summed E-state index contributed by atoms with van der Waals surface area (Å²) in [5.41, 5.74) is 6.19. The van der Waals surface area contributed by atoms with Crippen molar-refractivity contribution in [1.29, 1.82) is 5.41 Å². The van der Waals surface area contributed by atoms with Crippen LogP contribution in [0, 0.1) is 5.41 Å². The van der Waals surface area contributed by atoms with Crippen molar-refractivity contribution in [3.05, 3.63) is 29.8 Å². The number of benzene rings is 1. The monoisotopic (exact) mass is 271 g/mol. The fourth-order valence-electron chi connectivity index (χ4n) is 1.29. The van der Waals surface area contributed by atoms with Crippen LogP contribution in [0.25, 0.3) is 0 Å². The molecule has 0 atom stereocenters. The third kappa shape index (κ3) is 4.72. The zero-order valence-corrected chi connectivity index (χ0v) is 11.0. The number of sulfonamides is 1. The van der Waals surface area contributed by atoms with Crippen molar-refractivity contribution in [3.63, 3.8) is 0 Å². The summed E-state index contributed by atoms with van der Waals surface area (Å²) in [5, 5.41) is 7.28. The fourth-order valence-corrected chi connectivity index (χ4v) is 2.22. The Hall–Kier alpha value is -1.60. The lowest BCUT2D eigenvalue weighted by atomic mass is 10.2. The van der Waals surface area contributed by atoms with Crippen LogP contribution < -0.4 is 10.5 Å². The van der Waals surface area contributed by atoms with Gasteiger partial charge >= 0.3 is 0 Å². The lowest BCUT2D eigenvalue weighted by molar-refractivity contribution is 0.163. The quantitative estimate of drug-likeness (QED) is 0.386. The maximum absolute atomic E-state index is 11.7. The third-order valence-corrected chi connectivity index (χ3v) is 3.40. The zero-order chi connectivity index (χ0) is 13.6. The van der Waals surface area contributed by atoms with Crippen LogP contribution in [0.4, 0.5) is 5.69 Å². The molecule has 100 valence electrons. The molecule has 0 unspecified atom stereocenters. The topological polar surface area (TPSA) is 105 Å². The third-order valence-electron chi connectivity index (χ3n) is 2.15. The molecule has 0 aliphatic heterocycles. The first-order chi connectivity index (χ1) is 8.44. The first-order valence-corrected chi connectivity index (χ1v) is 7.12. The molecule has 6 nitrogen and oxygen atoms in total. The van der Waals surface area contributed by atoms with E-state index in [1.165, 1.54) is 6.07 Å². The van der Waals surface area contributed by atoms with E-state index in [0.717, 1.165) is 0 Å². The Kier molecular flexibility index (Phi) is 5.11. The standard InChI is InChI=1S/C11H17N3O3S/c1-2-17-6-7-18(15,16)14-10-5-3-4-9(8-10)11(12)13/h3-5,8,14H,2,6-7H2,1H3,(H3,12,13). The second-order valence-electron chi connectivity index (χ2n) is 3.61. The minimum absolute atomic E-state index is 0.106. The van der Waals surface area contributed by atoms with Crippen LogP contribution in [0.5, 0.6) is 0 Å². The van der Waals surface area contributed by atoms with Crippen molar-refractivity contribution in [2.45, 2.75) is 6.92 Å². The Balaban J connectivity index is 2.72. The summed E-state index contributed by atoms with van der Waals surface area (Å²) < 4.78 is 30.8. The molecule has 4 N–H and O–H groups in total. The smallest absolute Gasteiger partial charge is 0.234 e. The van der Waals surface area contributed by atoms with Gasteiger partial charge in [0.25, 0.3) is 0 Å². The summed E-state index contributed by atoms with van der Waals surface area (Å²) in [5.74, 6) is -0.212. The number of nitrogens with one attached hydrogen (secondary N) is 2. The van der Waals surface area contributed by atoms with Gasteiger partial charge in [-0.05, 0) is 19.1 Å². The van der Waals surface area contributed by atoms with Crippen molar-refractivity contribution in [3.8, 4) is 0 Å². The molecule has 0 amide bonds. The van der Waals surface area contributed by atoms with Gasteiger partial charge in [0.05, 0.1) is 12.4 Å². The number of ether oxygens (including phenoxy) is 1. The van der Waals surface area contributed by atoms with Crippen molar-refractivity contribution in [2.24, 2.45) is 5.73 Å². The molecule has 0 saturated heterocycles. The summed E-state index contributed by atoms with van der Waals surface area (Å²) >= 11 is 0. The first kappa shape index (κ1) is 14.5. The zero-order valence-electron chi connectivity index (χ0n) is 10.1. The van der Waals surface area contributed by atoms with Gasteiger partial charge in [-0.2, -0.15) is 0 Å². The molecule has 1 aromatic carbocycles. The molecule has 0 spiro atoms. The van der Waals surface area contributed by atoms with Crippen LogP contribution in [0.15, 0.2) is 24.3 Å². The molecule has 7 heteroatoms. The van der Waals surface area contributed by atoms with E-state index in [2.05, 4.69) is 4.72 Å². The van der Waals surface area contributed by atoms with Crippen molar-refractivity contribution in [2.75, 3.05) is 23.7 Å². The van der Waals surface area contributed by atoms with Gasteiger partial charge in [-0.15, -0.1) is 0 Å².